The second-order valence-corrected chi connectivity index (χ2v) is 5.00. The van der Waals surface area contributed by atoms with E-state index >= 15 is 0 Å². The molecule has 3 aromatic rings. The maximum atomic E-state index is 12.7. The number of nitrogens with zero attached hydrogens (tertiary/aromatic N) is 4. The van der Waals surface area contributed by atoms with Crippen LogP contribution < -0.4 is 5.73 Å². The fourth-order valence-corrected chi connectivity index (χ4v) is 2.36. The normalized spacial score (nSPS) is 12.2. The summed E-state index contributed by atoms with van der Waals surface area (Å²) in [5.74, 6) is 0.386. The van der Waals surface area contributed by atoms with Gasteiger partial charge >= 0.3 is 6.18 Å². The van der Waals surface area contributed by atoms with Gasteiger partial charge in [0, 0.05) is 11.6 Å². The van der Waals surface area contributed by atoms with E-state index in [-0.39, 0.29) is 6.42 Å². The van der Waals surface area contributed by atoms with Crippen molar-refractivity contribution in [3.63, 3.8) is 0 Å². The molecular weight excluding hydrogens is 291 g/mol. The van der Waals surface area contributed by atoms with Crippen molar-refractivity contribution in [1.82, 2.24) is 19.6 Å². The molecule has 0 aliphatic carbocycles. The Morgan fingerprint density at radius 1 is 1.25 bits per heavy atom. The van der Waals surface area contributed by atoms with E-state index in [4.69, 9.17) is 5.73 Å². The quantitative estimate of drug-likeness (QED) is 0.789. The lowest BCUT2D eigenvalue weighted by Gasteiger charge is -2.07. The number of halogens is 3. The second kappa shape index (κ2) is 4.44. The predicted octanol–water partition coefficient (Wildman–Crippen LogP) is 2.38. The molecule has 0 aromatic carbocycles. The van der Waals surface area contributed by atoms with Crippen LogP contribution in [0.15, 0.2) is 23.7 Å². The molecule has 3 aromatic heterocycles. The summed E-state index contributed by atoms with van der Waals surface area (Å²) in [5, 5.41) is 9.87. The summed E-state index contributed by atoms with van der Waals surface area (Å²) in [6.45, 7) is 0. The van der Waals surface area contributed by atoms with E-state index in [1.807, 2.05) is 0 Å². The average Bonchev–Trinajstić information content (AvgIpc) is 2.95. The van der Waals surface area contributed by atoms with Crippen molar-refractivity contribution in [3.8, 4) is 0 Å². The fourth-order valence-electron chi connectivity index (χ4n) is 1.79. The molecule has 3 rings (SSSR count). The van der Waals surface area contributed by atoms with Gasteiger partial charge in [0.05, 0.1) is 17.7 Å². The van der Waals surface area contributed by atoms with Crippen molar-refractivity contribution in [2.45, 2.75) is 12.6 Å². The highest BCUT2D eigenvalue weighted by Gasteiger charge is 2.31. The minimum Gasteiger partial charge on any atom is -0.375 e. The monoisotopic (exact) mass is 299 g/mol. The van der Waals surface area contributed by atoms with Gasteiger partial charge in [0.15, 0.2) is 10.8 Å². The zero-order chi connectivity index (χ0) is 14.3. The van der Waals surface area contributed by atoms with Crippen LogP contribution in [0, 0.1) is 0 Å². The Balaban J connectivity index is 2.03. The summed E-state index contributed by atoms with van der Waals surface area (Å²) in [7, 11) is 0. The van der Waals surface area contributed by atoms with Gasteiger partial charge in [-0.1, -0.05) is 0 Å². The first-order chi connectivity index (χ1) is 9.43. The van der Waals surface area contributed by atoms with Crippen molar-refractivity contribution in [1.29, 1.82) is 0 Å². The van der Waals surface area contributed by atoms with Gasteiger partial charge in [-0.25, -0.2) is 4.98 Å². The molecule has 9 heteroatoms. The lowest BCUT2D eigenvalue weighted by Crippen LogP contribution is -2.07. The van der Waals surface area contributed by atoms with Gasteiger partial charge in [-0.2, -0.15) is 13.2 Å². The zero-order valence-corrected chi connectivity index (χ0v) is 10.7. The molecule has 0 radical (unpaired) electrons. The molecule has 0 bridgehead atoms. The smallest absolute Gasteiger partial charge is 0.375 e. The highest BCUT2D eigenvalue weighted by molar-refractivity contribution is 7.13. The van der Waals surface area contributed by atoms with Gasteiger partial charge in [-0.05, 0) is 12.1 Å². The minimum atomic E-state index is -4.40. The summed E-state index contributed by atoms with van der Waals surface area (Å²) in [5.41, 5.74) is 5.78. The van der Waals surface area contributed by atoms with Crippen LogP contribution in [0.2, 0.25) is 0 Å². The lowest BCUT2D eigenvalue weighted by atomic mass is 10.2. The van der Waals surface area contributed by atoms with E-state index < -0.39 is 11.7 Å². The first kappa shape index (κ1) is 12.9. The largest absolute Gasteiger partial charge is 0.417 e. The Kier molecular flexibility index (Phi) is 2.85. The van der Waals surface area contributed by atoms with Crippen LogP contribution in [0.5, 0.6) is 0 Å². The maximum Gasteiger partial charge on any atom is 0.417 e. The van der Waals surface area contributed by atoms with Gasteiger partial charge < -0.3 is 5.73 Å². The number of rotatable bonds is 2. The second-order valence-electron chi connectivity index (χ2n) is 4.11. The molecule has 5 nitrogen and oxygen atoms in total. The standard InChI is InChI=1S/C11H8F3N5S/c12-11(13,14)6-1-2-8-17-18-9(19(8)4-6)3-7-5-20-10(15)16-7/h1-2,4-5H,3H2,(H2,15,16). The molecule has 0 amide bonds. The van der Waals surface area contributed by atoms with Crippen LogP contribution in [-0.4, -0.2) is 19.6 Å². The predicted molar refractivity (Wildman–Crippen MR) is 67.3 cm³/mol. The molecule has 0 unspecified atom stereocenters. The Hall–Kier alpha value is -2.16. The summed E-state index contributed by atoms with van der Waals surface area (Å²) < 4.78 is 39.4. The van der Waals surface area contributed by atoms with Gasteiger partial charge in [-0.15, -0.1) is 21.5 Å². The van der Waals surface area contributed by atoms with Gasteiger partial charge in [-0.3, -0.25) is 4.40 Å². The van der Waals surface area contributed by atoms with Crippen molar-refractivity contribution in [2.75, 3.05) is 5.73 Å². The zero-order valence-electron chi connectivity index (χ0n) is 9.92. The lowest BCUT2D eigenvalue weighted by molar-refractivity contribution is -0.137. The van der Waals surface area contributed by atoms with Crippen molar-refractivity contribution in [3.05, 3.63) is 40.8 Å². The van der Waals surface area contributed by atoms with Crippen molar-refractivity contribution >= 4 is 22.1 Å². The number of alkyl halides is 3. The molecule has 2 N–H and O–H groups in total. The number of hydrogen-bond acceptors (Lipinski definition) is 5. The van der Waals surface area contributed by atoms with E-state index in [0.29, 0.717) is 22.3 Å². The van der Waals surface area contributed by atoms with Crippen molar-refractivity contribution < 1.29 is 13.2 Å². The molecular formula is C11H8F3N5S. The van der Waals surface area contributed by atoms with E-state index in [0.717, 1.165) is 12.3 Å². The summed E-state index contributed by atoms with van der Waals surface area (Å²) in [6.07, 6.45) is -3.14. The molecule has 3 heterocycles. The highest BCUT2D eigenvalue weighted by Crippen LogP contribution is 2.29. The number of thiazole rings is 1. The first-order valence-corrected chi connectivity index (χ1v) is 6.42. The molecule has 0 saturated heterocycles. The SMILES string of the molecule is Nc1nc(Cc2nnc3ccc(C(F)(F)F)cn23)cs1. The number of pyridine rings is 1. The van der Waals surface area contributed by atoms with Crippen LogP contribution in [0.1, 0.15) is 17.1 Å². The Morgan fingerprint density at radius 2 is 2.05 bits per heavy atom. The first-order valence-electron chi connectivity index (χ1n) is 5.54. The highest BCUT2D eigenvalue weighted by atomic mass is 32.1. The Bertz CT molecular complexity index is 761. The summed E-state index contributed by atoms with van der Waals surface area (Å²) in [6, 6.07) is 2.27. The number of hydrogen-bond donors (Lipinski definition) is 1. The number of aromatic nitrogens is 4. The molecule has 0 atom stereocenters. The third-order valence-corrected chi connectivity index (χ3v) is 3.43. The fraction of sp³-hybridized carbons (Fsp3) is 0.182. The molecule has 0 aliphatic heterocycles. The summed E-state index contributed by atoms with van der Waals surface area (Å²) in [4.78, 5) is 4.06. The van der Waals surface area contributed by atoms with Crippen LogP contribution in [0.4, 0.5) is 18.3 Å². The van der Waals surface area contributed by atoms with Crippen LogP contribution in [0.25, 0.3) is 5.65 Å². The van der Waals surface area contributed by atoms with Crippen LogP contribution >= 0.6 is 11.3 Å². The molecule has 0 saturated carbocycles. The molecule has 0 aliphatic rings. The Morgan fingerprint density at radius 3 is 2.70 bits per heavy atom. The van der Waals surface area contributed by atoms with Crippen LogP contribution in [0.3, 0.4) is 0 Å². The molecule has 20 heavy (non-hydrogen) atoms. The topological polar surface area (TPSA) is 69.1 Å². The minimum absolute atomic E-state index is 0.274. The average molecular weight is 299 g/mol. The molecule has 0 fully saturated rings. The van der Waals surface area contributed by atoms with Gasteiger partial charge in [0.2, 0.25) is 0 Å². The van der Waals surface area contributed by atoms with Crippen LogP contribution in [-0.2, 0) is 12.6 Å². The van der Waals surface area contributed by atoms with Gasteiger partial charge in [0.1, 0.15) is 5.82 Å². The van der Waals surface area contributed by atoms with Crippen molar-refractivity contribution in [2.24, 2.45) is 0 Å². The number of nitrogens with two attached hydrogens (primary N) is 1. The van der Waals surface area contributed by atoms with Gasteiger partial charge in [0.25, 0.3) is 0 Å². The molecule has 104 valence electrons. The number of fused-ring (bicyclic) bond motifs is 1. The maximum absolute atomic E-state index is 12.7. The molecule has 0 spiro atoms. The van der Waals surface area contributed by atoms with E-state index in [1.54, 1.807) is 5.38 Å². The summed E-state index contributed by atoms with van der Waals surface area (Å²) >= 11 is 1.27. The van der Waals surface area contributed by atoms with E-state index in [9.17, 15) is 13.2 Å². The Labute approximate surface area is 114 Å². The van der Waals surface area contributed by atoms with E-state index in [1.165, 1.54) is 21.8 Å². The number of nitrogen functional groups attached to an aromatic ring is 1. The number of anilines is 1. The third-order valence-electron chi connectivity index (χ3n) is 2.71. The third kappa shape index (κ3) is 2.31. The van der Waals surface area contributed by atoms with E-state index in [2.05, 4.69) is 15.2 Å².